The Morgan fingerprint density at radius 2 is 2.02 bits per heavy atom. The van der Waals surface area contributed by atoms with Crippen LogP contribution in [0.2, 0.25) is 0 Å². The molecule has 2 unspecified atom stereocenters. The highest BCUT2D eigenvalue weighted by molar-refractivity contribution is 6.10. The average molecular weight is 602 g/mol. The van der Waals surface area contributed by atoms with E-state index >= 15 is 0 Å². The first-order chi connectivity index (χ1) is 21.1. The molecule has 0 radical (unpaired) electrons. The number of carbonyl (C=O) groups excluding carboxylic acids is 1. The van der Waals surface area contributed by atoms with Gasteiger partial charge in [-0.25, -0.2) is 9.97 Å². The molecular formula is C31H39N9O4+2. The van der Waals surface area contributed by atoms with Gasteiger partial charge < -0.3 is 31.1 Å². The molecule has 2 aliphatic rings. The standard InChI is InChI=1S/C31H37N9O4/c1-21(38-19-24-12-8-16-40(24,4)39(43)31(38)22-10-6-5-7-11-22)35-29-27(28(32)33-20-34-29)30(42)36-23-13-14-26(25(41)18-23)44-17-9-15-37(2)3/h5-8,10-14,18-21,31H,9,15-17H2,1-4H3,(H3-2,32,33,34,35,36,41,42)/p+2/t21?,31?,40-/m0/s1. The Hall–Kier alpha value is -5.01. The Morgan fingerprint density at radius 1 is 1.25 bits per heavy atom. The molecule has 5 N–H and O–H groups in total. The van der Waals surface area contributed by atoms with E-state index in [1.165, 1.54) is 12.4 Å². The van der Waals surface area contributed by atoms with Crippen LogP contribution >= 0.6 is 0 Å². The fourth-order valence-corrected chi connectivity index (χ4v) is 5.31. The first-order valence-corrected chi connectivity index (χ1v) is 14.4. The minimum Gasteiger partial charge on any atom is -0.504 e. The summed E-state index contributed by atoms with van der Waals surface area (Å²) in [6.07, 6.45) is 6.81. The van der Waals surface area contributed by atoms with E-state index in [1.807, 2.05) is 81.7 Å². The number of rotatable bonds is 11. The van der Waals surface area contributed by atoms with Crippen molar-refractivity contribution in [2.45, 2.75) is 25.7 Å². The second kappa shape index (κ2) is 12.7. The summed E-state index contributed by atoms with van der Waals surface area (Å²) in [6.45, 7) is 3.74. The molecular weight excluding hydrogens is 562 g/mol. The number of nitrogens with zero attached hydrogens (tertiary/aromatic N) is 6. The number of phenols is 1. The molecule has 0 aliphatic carbocycles. The molecule has 2 aliphatic heterocycles. The van der Waals surface area contributed by atoms with Crippen LogP contribution in [0.15, 0.2) is 78.9 Å². The predicted octanol–water partition coefficient (Wildman–Crippen LogP) is 3.67. The molecule has 1 aromatic heterocycles. The molecule has 1 amide bonds. The maximum absolute atomic E-state index is 13.9. The van der Waals surface area contributed by atoms with Gasteiger partial charge in [0.1, 0.15) is 36.7 Å². The number of ether oxygens (including phenoxy) is 1. The molecule has 0 fully saturated rings. The van der Waals surface area contributed by atoms with Gasteiger partial charge in [0, 0.05) is 24.4 Å². The molecule has 2 aromatic carbocycles. The van der Waals surface area contributed by atoms with Crippen molar-refractivity contribution in [1.29, 1.82) is 0 Å². The van der Waals surface area contributed by atoms with E-state index in [9.17, 15) is 14.8 Å². The van der Waals surface area contributed by atoms with Crippen molar-refractivity contribution >= 4 is 23.2 Å². The van der Waals surface area contributed by atoms with Crippen molar-refractivity contribution in [3.8, 4) is 11.5 Å². The van der Waals surface area contributed by atoms with Gasteiger partial charge in [-0.3, -0.25) is 9.69 Å². The van der Waals surface area contributed by atoms with Crippen LogP contribution in [0.1, 0.15) is 35.4 Å². The average Bonchev–Trinajstić information content (AvgIpc) is 3.38. The number of hydrogen-bond donors (Lipinski definition) is 4. The quantitative estimate of drug-likeness (QED) is 0.146. The van der Waals surface area contributed by atoms with Crippen molar-refractivity contribution in [3.05, 3.63) is 94.9 Å². The zero-order chi connectivity index (χ0) is 31.4. The predicted molar refractivity (Wildman–Crippen MR) is 167 cm³/mol. The number of quaternary nitrogens is 1. The van der Waals surface area contributed by atoms with Crippen molar-refractivity contribution in [2.24, 2.45) is 0 Å². The summed E-state index contributed by atoms with van der Waals surface area (Å²) in [7, 11) is 5.85. The zero-order valence-electron chi connectivity index (χ0n) is 25.3. The summed E-state index contributed by atoms with van der Waals surface area (Å²) >= 11 is 0. The van der Waals surface area contributed by atoms with Crippen LogP contribution < -0.4 is 21.1 Å². The lowest BCUT2D eigenvalue weighted by Crippen LogP contribution is -2.58. The number of phenolic OH excluding ortho intramolecular Hbond substituents is 1. The van der Waals surface area contributed by atoms with Gasteiger partial charge in [-0.2, -0.15) is 0 Å². The van der Waals surface area contributed by atoms with Gasteiger partial charge in [0.05, 0.1) is 23.3 Å². The smallest absolute Gasteiger partial charge is 0.366 e. The number of nitrogen functional groups attached to an aromatic ring is 1. The Bertz CT molecular complexity index is 1590. The number of likely N-dealkylation sites (N-methyl/N-ethyl adjacent to an activating group) is 1. The number of amides is 1. The third-order valence-corrected chi connectivity index (χ3v) is 7.73. The van der Waals surface area contributed by atoms with E-state index in [1.54, 1.807) is 12.1 Å². The second-order valence-corrected chi connectivity index (χ2v) is 11.3. The molecule has 0 spiro atoms. The number of allylic oxidation sites excluding steroid dienone is 1. The Labute approximate surface area is 256 Å². The van der Waals surface area contributed by atoms with Gasteiger partial charge in [0.25, 0.3) is 5.91 Å². The third kappa shape index (κ3) is 6.19. The lowest BCUT2D eigenvalue weighted by atomic mass is 10.1. The van der Waals surface area contributed by atoms with Gasteiger partial charge in [0.2, 0.25) is 10.6 Å². The number of nitrogens with two attached hydrogens (primary N) is 1. The van der Waals surface area contributed by atoms with E-state index in [0.717, 1.165) is 29.1 Å². The highest BCUT2D eigenvalue weighted by Crippen LogP contribution is 2.38. The van der Waals surface area contributed by atoms with E-state index in [0.29, 0.717) is 24.6 Å². The Balaban J connectivity index is 1.36. The van der Waals surface area contributed by atoms with Crippen LogP contribution in [-0.4, -0.2) is 87.2 Å². The van der Waals surface area contributed by atoms with E-state index < -0.39 is 18.2 Å². The number of fused-ring (bicyclic) bond motifs is 1. The molecule has 3 atom stereocenters. The normalized spacial score (nSPS) is 19.8. The summed E-state index contributed by atoms with van der Waals surface area (Å²) in [6, 6.07) is 14.2. The van der Waals surface area contributed by atoms with Crippen molar-refractivity contribution in [3.63, 3.8) is 0 Å². The van der Waals surface area contributed by atoms with Gasteiger partial charge in [-0.1, -0.05) is 18.2 Å². The summed E-state index contributed by atoms with van der Waals surface area (Å²) in [5.74, 6) is -0.178. The largest absolute Gasteiger partial charge is 0.504 e. The van der Waals surface area contributed by atoms with E-state index in [2.05, 4.69) is 25.5 Å². The number of benzene rings is 2. The maximum atomic E-state index is 13.9. The second-order valence-electron chi connectivity index (χ2n) is 11.3. The molecule has 0 saturated carbocycles. The molecule has 0 saturated heterocycles. The van der Waals surface area contributed by atoms with Crippen LogP contribution in [0.4, 0.5) is 17.3 Å². The van der Waals surface area contributed by atoms with Gasteiger partial charge >= 0.3 is 6.17 Å². The Morgan fingerprint density at radius 3 is 2.75 bits per heavy atom. The minimum absolute atomic E-state index is 0.0257. The maximum Gasteiger partial charge on any atom is 0.366 e. The summed E-state index contributed by atoms with van der Waals surface area (Å²) in [5, 5.41) is 16.5. The number of aromatic hydroxyl groups is 1. The number of anilines is 3. The number of aromatic nitrogens is 2. The van der Waals surface area contributed by atoms with Crippen LogP contribution in [0, 0.1) is 4.91 Å². The van der Waals surface area contributed by atoms with Crippen molar-refractivity contribution in [2.75, 3.05) is 57.2 Å². The first-order valence-electron chi connectivity index (χ1n) is 14.4. The molecule has 44 heavy (non-hydrogen) atoms. The molecule has 13 nitrogen and oxygen atoms in total. The lowest BCUT2D eigenvalue weighted by molar-refractivity contribution is -1.32. The van der Waals surface area contributed by atoms with Crippen molar-refractivity contribution in [1.82, 2.24) is 19.8 Å². The van der Waals surface area contributed by atoms with Gasteiger partial charge in [-0.15, -0.1) is 0 Å². The molecule has 13 heteroatoms. The minimum atomic E-state index is -0.657. The lowest BCUT2D eigenvalue weighted by Gasteiger charge is -2.37. The fourth-order valence-electron chi connectivity index (χ4n) is 5.31. The molecule has 3 aromatic rings. The van der Waals surface area contributed by atoms with E-state index in [4.69, 9.17) is 10.5 Å². The number of hydrogen-bond acceptors (Lipinski definition) is 10. The topological polar surface area (TPSA) is 149 Å². The molecule has 0 bridgehead atoms. The first kappa shape index (κ1) is 30.4. The van der Waals surface area contributed by atoms with Gasteiger partial charge in [0.15, 0.2) is 18.0 Å². The number of nitrogens with one attached hydrogen (secondary N) is 2. The monoisotopic (exact) mass is 601 g/mol. The van der Waals surface area contributed by atoms with Crippen LogP contribution in [0.25, 0.3) is 0 Å². The zero-order valence-corrected chi connectivity index (χ0v) is 25.3. The van der Waals surface area contributed by atoms with Crippen LogP contribution in [-0.2, 0) is 0 Å². The highest BCUT2D eigenvalue weighted by atomic mass is 16.5. The highest BCUT2D eigenvalue weighted by Gasteiger charge is 2.56. The number of nitroso groups, excluding NO2 is 1. The van der Waals surface area contributed by atoms with Crippen LogP contribution in [0.3, 0.4) is 0 Å². The third-order valence-electron chi connectivity index (χ3n) is 7.73. The Kier molecular flexibility index (Phi) is 8.78. The van der Waals surface area contributed by atoms with E-state index in [-0.39, 0.29) is 27.5 Å². The van der Waals surface area contributed by atoms with Crippen molar-refractivity contribution < 1.29 is 24.1 Å². The van der Waals surface area contributed by atoms with Gasteiger partial charge in [-0.05, 0) is 62.4 Å². The molecule has 230 valence electrons. The summed E-state index contributed by atoms with van der Waals surface area (Å²) in [5.41, 5.74) is 8.21. The fraction of sp³-hybridized carbons (Fsp3) is 0.323. The SMILES string of the molecule is CC(Nc1ncnc(N)c1C(=O)Nc1ccc(OCCCN(C)C)c(O)c1)N1C=C2C=CC[N@+]2(C)[N+](=O)C1c1ccccc1. The molecule has 5 rings (SSSR count). The summed E-state index contributed by atoms with van der Waals surface area (Å²) < 4.78 is 5.77. The number of carbonyl (C=O) groups is 1. The van der Waals surface area contributed by atoms with Crippen LogP contribution in [0.5, 0.6) is 11.5 Å². The summed E-state index contributed by atoms with van der Waals surface area (Å²) in [4.78, 5) is 40.8. The molecule has 3 heterocycles.